The van der Waals surface area contributed by atoms with Crippen molar-refractivity contribution in [2.75, 3.05) is 11.5 Å². The van der Waals surface area contributed by atoms with Crippen LogP contribution in [0.4, 0.5) is 0 Å². The summed E-state index contributed by atoms with van der Waals surface area (Å²) in [5, 5.41) is 0.417. The van der Waals surface area contributed by atoms with E-state index in [1.54, 1.807) is 12.1 Å². The van der Waals surface area contributed by atoms with Gasteiger partial charge < -0.3 is 9.32 Å². The first-order chi connectivity index (χ1) is 14.2. The quantitative estimate of drug-likeness (QED) is 0.641. The van der Waals surface area contributed by atoms with E-state index in [9.17, 15) is 18.0 Å². The molecule has 2 aromatic carbocycles. The summed E-state index contributed by atoms with van der Waals surface area (Å²) in [5.74, 6) is -0.581. The van der Waals surface area contributed by atoms with E-state index in [0.29, 0.717) is 17.4 Å². The topological polar surface area (TPSA) is 84.7 Å². The molecule has 156 valence electrons. The second kappa shape index (κ2) is 7.72. The average molecular weight is 426 g/mol. The Kier molecular flexibility index (Phi) is 5.24. The van der Waals surface area contributed by atoms with Crippen LogP contribution < -0.4 is 5.43 Å². The van der Waals surface area contributed by atoms with E-state index in [0.717, 1.165) is 16.7 Å². The minimum Gasteiger partial charge on any atom is -0.451 e. The summed E-state index contributed by atoms with van der Waals surface area (Å²) in [6.07, 6.45) is 0.372. The van der Waals surface area contributed by atoms with Crippen molar-refractivity contribution in [2.45, 2.75) is 32.9 Å². The summed E-state index contributed by atoms with van der Waals surface area (Å²) < 4.78 is 29.9. The number of hydrogen-bond acceptors (Lipinski definition) is 5. The summed E-state index contributed by atoms with van der Waals surface area (Å²) in [6.45, 7) is 4.10. The lowest BCUT2D eigenvalue weighted by atomic mass is 10.1. The molecule has 1 saturated heterocycles. The lowest BCUT2D eigenvalue weighted by Gasteiger charge is -2.28. The van der Waals surface area contributed by atoms with Gasteiger partial charge in [0, 0.05) is 18.7 Å². The van der Waals surface area contributed by atoms with Gasteiger partial charge in [-0.25, -0.2) is 8.42 Å². The highest BCUT2D eigenvalue weighted by Crippen LogP contribution is 2.23. The number of aryl methyl sites for hydroxylation is 2. The molecule has 2 heterocycles. The molecule has 3 aromatic rings. The molecule has 1 aromatic heterocycles. The molecule has 1 aliphatic rings. The summed E-state index contributed by atoms with van der Waals surface area (Å²) in [6, 6.07) is 13.7. The normalized spacial score (nSPS) is 17.9. The van der Waals surface area contributed by atoms with Crippen LogP contribution in [0.25, 0.3) is 11.0 Å². The van der Waals surface area contributed by atoms with Crippen LogP contribution in [0.2, 0.25) is 0 Å². The number of fused-ring (bicyclic) bond motifs is 1. The molecule has 1 aliphatic heterocycles. The first kappa shape index (κ1) is 20.3. The van der Waals surface area contributed by atoms with Gasteiger partial charge in [-0.15, -0.1) is 0 Å². The molecule has 1 unspecified atom stereocenters. The third-order valence-corrected chi connectivity index (χ3v) is 7.23. The molecule has 30 heavy (non-hydrogen) atoms. The minimum absolute atomic E-state index is 0.0519. The smallest absolute Gasteiger partial charge is 0.290 e. The molecule has 0 N–H and O–H groups in total. The summed E-state index contributed by atoms with van der Waals surface area (Å²) >= 11 is 0. The first-order valence-electron chi connectivity index (χ1n) is 9.83. The Morgan fingerprint density at radius 1 is 1.07 bits per heavy atom. The SMILES string of the molecule is Cc1ccc(CN(C(=O)c2cc(=O)c3cc(C)ccc3o2)C2CCS(=O)(=O)C2)cc1. The number of sulfone groups is 1. The molecule has 6 nitrogen and oxygen atoms in total. The van der Waals surface area contributed by atoms with E-state index in [4.69, 9.17) is 4.42 Å². The van der Waals surface area contributed by atoms with E-state index >= 15 is 0 Å². The van der Waals surface area contributed by atoms with E-state index in [2.05, 4.69) is 0 Å². The average Bonchev–Trinajstić information content (AvgIpc) is 3.07. The molecule has 0 bridgehead atoms. The van der Waals surface area contributed by atoms with Crippen LogP contribution in [-0.4, -0.2) is 36.8 Å². The minimum atomic E-state index is -3.19. The molecule has 0 saturated carbocycles. The van der Waals surface area contributed by atoms with Gasteiger partial charge >= 0.3 is 0 Å². The van der Waals surface area contributed by atoms with E-state index in [1.807, 2.05) is 44.2 Å². The van der Waals surface area contributed by atoms with Crippen LogP contribution in [0.3, 0.4) is 0 Å². The molecule has 1 amide bonds. The van der Waals surface area contributed by atoms with Crippen molar-refractivity contribution in [3.05, 3.63) is 81.2 Å². The maximum atomic E-state index is 13.4. The van der Waals surface area contributed by atoms with Crippen molar-refractivity contribution in [2.24, 2.45) is 0 Å². The van der Waals surface area contributed by atoms with Crippen molar-refractivity contribution in [3.8, 4) is 0 Å². The van der Waals surface area contributed by atoms with Gasteiger partial charge in [0.1, 0.15) is 5.58 Å². The largest absolute Gasteiger partial charge is 0.451 e. The van der Waals surface area contributed by atoms with Crippen LogP contribution in [0, 0.1) is 13.8 Å². The molecular formula is C23H23NO5S. The Balaban J connectivity index is 1.73. The Bertz CT molecular complexity index is 1280. The molecule has 4 rings (SSSR count). The number of carbonyl (C=O) groups is 1. The summed E-state index contributed by atoms with van der Waals surface area (Å²) in [4.78, 5) is 27.5. The van der Waals surface area contributed by atoms with Crippen molar-refractivity contribution in [1.82, 2.24) is 4.90 Å². The zero-order valence-corrected chi connectivity index (χ0v) is 17.7. The summed E-state index contributed by atoms with van der Waals surface area (Å²) in [5.41, 5.74) is 2.95. The summed E-state index contributed by atoms with van der Waals surface area (Å²) in [7, 11) is -3.19. The lowest BCUT2D eigenvalue weighted by molar-refractivity contribution is 0.0648. The van der Waals surface area contributed by atoms with Crippen molar-refractivity contribution in [3.63, 3.8) is 0 Å². The standard InChI is InChI=1S/C23H23NO5S/c1-15-3-6-17(7-4-15)13-24(18-9-10-30(27,28)14-18)23(26)22-12-20(25)19-11-16(2)5-8-21(19)29-22/h3-8,11-12,18H,9-10,13-14H2,1-2H3. The number of carbonyl (C=O) groups excluding carboxylic acids is 1. The van der Waals surface area contributed by atoms with Gasteiger partial charge in [-0.2, -0.15) is 0 Å². The third-order valence-electron chi connectivity index (χ3n) is 5.48. The highest BCUT2D eigenvalue weighted by molar-refractivity contribution is 7.91. The second-order valence-corrected chi connectivity index (χ2v) is 10.2. The van der Waals surface area contributed by atoms with Crippen LogP contribution in [0.5, 0.6) is 0 Å². The predicted octanol–water partition coefficient (Wildman–Crippen LogP) is 3.24. The fourth-order valence-electron chi connectivity index (χ4n) is 3.80. The molecule has 1 fully saturated rings. The van der Waals surface area contributed by atoms with Crippen LogP contribution in [0.1, 0.15) is 33.7 Å². The highest BCUT2D eigenvalue weighted by Gasteiger charge is 2.36. The van der Waals surface area contributed by atoms with Gasteiger partial charge in [0.25, 0.3) is 5.91 Å². The number of amides is 1. The maximum Gasteiger partial charge on any atom is 0.290 e. The molecule has 0 spiro atoms. The zero-order chi connectivity index (χ0) is 21.5. The lowest BCUT2D eigenvalue weighted by Crippen LogP contribution is -2.40. The van der Waals surface area contributed by atoms with Gasteiger partial charge in [-0.1, -0.05) is 41.5 Å². The van der Waals surface area contributed by atoms with Crippen molar-refractivity contribution in [1.29, 1.82) is 0 Å². The Labute approximate surface area is 175 Å². The van der Waals surface area contributed by atoms with Crippen LogP contribution in [-0.2, 0) is 16.4 Å². The van der Waals surface area contributed by atoms with Gasteiger partial charge in [-0.3, -0.25) is 9.59 Å². The molecular weight excluding hydrogens is 402 g/mol. The highest BCUT2D eigenvalue weighted by atomic mass is 32.2. The van der Waals surface area contributed by atoms with E-state index in [-0.39, 0.29) is 29.2 Å². The Morgan fingerprint density at radius 3 is 2.43 bits per heavy atom. The fourth-order valence-corrected chi connectivity index (χ4v) is 5.53. The number of nitrogens with zero attached hydrogens (tertiary/aromatic N) is 1. The molecule has 0 aliphatic carbocycles. The Morgan fingerprint density at radius 2 is 1.77 bits per heavy atom. The molecule has 0 radical (unpaired) electrons. The van der Waals surface area contributed by atoms with E-state index < -0.39 is 21.8 Å². The zero-order valence-electron chi connectivity index (χ0n) is 16.9. The third kappa shape index (κ3) is 4.16. The molecule has 7 heteroatoms. The fraction of sp³-hybridized carbons (Fsp3) is 0.304. The first-order valence-corrected chi connectivity index (χ1v) is 11.7. The van der Waals surface area contributed by atoms with Crippen LogP contribution >= 0.6 is 0 Å². The van der Waals surface area contributed by atoms with Gasteiger partial charge in [0.15, 0.2) is 21.0 Å². The van der Waals surface area contributed by atoms with E-state index in [1.165, 1.54) is 11.0 Å². The van der Waals surface area contributed by atoms with Gasteiger partial charge in [0.05, 0.1) is 16.9 Å². The second-order valence-electron chi connectivity index (χ2n) is 7.95. The Hall–Kier alpha value is -2.93. The maximum absolute atomic E-state index is 13.4. The van der Waals surface area contributed by atoms with Gasteiger partial charge in [-0.05, 0) is 38.0 Å². The van der Waals surface area contributed by atoms with Crippen LogP contribution in [0.15, 0.2) is 57.7 Å². The predicted molar refractivity (Wildman–Crippen MR) is 115 cm³/mol. The van der Waals surface area contributed by atoms with Crippen molar-refractivity contribution < 1.29 is 17.6 Å². The van der Waals surface area contributed by atoms with Crippen molar-refractivity contribution >= 4 is 26.7 Å². The number of benzene rings is 2. The monoisotopic (exact) mass is 425 g/mol. The number of rotatable bonds is 4. The van der Waals surface area contributed by atoms with Gasteiger partial charge in [0.2, 0.25) is 0 Å². The number of hydrogen-bond donors (Lipinski definition) is 0. The molecule has 1 atom stereocenters.